The second-order valence-corrected chi connectivity index (χ2v) is 9.56. The molecule has 0 spiro atoms. The van der Waals surface area contributed by atoms with Crippen molar-refractivity contribution in [3.8, 4) is 0 Å². The molecule has 3 heterocycles. The maximum absolute atomic E-state index is 13.6. The molecule has 1 fully saturated rings. The smallest absolute Gasteiger partial charge is 0.260 e. The summed E-state index contributed by atoms with van der Waals surface area (Å²) in [7, 11) is 0. The van der Waals surface area contributed by atoms with Gasteiger partial charge in [-0.3, -0.25) is 24.6 Å². The number of carbonyl (C=O) groups is 1. The molecule has 1 saturated heterocycles. The Bertz CT molecular complexity index is 1260. The molecule has 5 rings (SSSR count). The Kier molecular flexibility index (Phi) is 7.87. The monoisotopic (exact) mass is 547 g/mol. The first kappa shape index (κ1) is 24.0. The van der Waals surface area contributed by atoms with Crippen molar-refractivity contribution < 1.29 is 9.53 Å². The minimum atomic E-state index is -0.0716. The molecule has 0 saturated carbocycles. The number of morpholine rings is 1. The lowest BCUT2D eigenvalue weighted by Crippen LogP contribution is -2.39. The van der Waals surface area contributed by atoms with Gasteiger partial charge in [0.1, 0.15) is 0 Å². The van der Waals surface area contributed by atoms with Gasteiger partial charge in [0, 0.05) is 48.6 Å². The molecule has 0 unspecified atom stereocenters. The van der Waals surface area contributed by atoms with Gasteiger partial charge in [-0.2, -0.15) is 0 Å². The summed E-state index contributed by atoms with van der Waals surface area (Å²) >= 11 is 5.06. The molecule has 4 aromatic rings. The molecule has 1 amide bonds. The maximum atomic E-state index is 13.6. The Morgan fingerprint density at radius 1 is 1.06 bits per heavy atom. The van der Waals surface area contributed by atoms with Crippen molar-refractivity contribution in [2.24, 2.45) is 0 Å². The van der Waals surface area contributed by atoms with Gasteiger partial charge in [-0.1, -0.05) is 27.3 Å². The van der Waals surface area contributed by atoms with E-state index in [9.17, 15) is 4.79 Å². The van der Waals surface area contributed by atoms with Gasteiger partial charge >= 0.3 is 0 Å². The highest BCUT2D eigenvalue weighted by atomic mass is 79.9. The molecule has 10 heteroatoms. The van der Waals surface area contributed by atoms with E-state index < -0.39 is 0 Å². The topological polar surface area (TPSA) is 71.5 Å². The van der Waals surface area contributed by atoms with Crippen LogP contribution >= 0.6 is 39.7 Å². The van der Waals surface area contributed by atoms with Crippen LogP contribution in [0.15, 0.2) is 53.3 Å². The summed E-state index contributed by atoms with van der Waals surface area (Å²) in [6.45, 7) is 4.93. The summed E-state index contributed by atoms with van der Waals surface area (Å²) in [6, 6.07) is 11.5. The van der Waals surface area contributed by atoms with E-state index in [1.807, 2.05) is 36.4 Å². The van der Waals surface area contributed by atoms with Crippen LogP contribution in [0.1, 0.15) is 16.8 Å². The van der Waals surface area contributed by atoms with Crippen molar-refractivity contribution in [3.05, 3.63) is 58.8 Å². The van der Waals surface area contributed by atoms with Crippen LogP contribution in [0.25, 0.3) is 21.3 Å². The normalized spacial score (nSPS) is 14.3. The van der Waals surface area contributed by atoms with Crippen LogP contribution < -0.4 is 4.90 Å². The molecular weight excluding hydrogens is 526 g/mol. The van der Waals surface area contributed by atoms with Crippen LogP contribution in [0.5, 0.6) is 0 Å². The second-order valence-electron chi connectivity index (χ2n) is 7.63. The molecule has 1 aliphatic heterocycles. The predicted octanol–water partition coefficient (Wildman–Crippen LogP) is 4.79. The molecule has 0 radical (unpaired) electrons. The van der Waals surface area contributed by atoms with E-state index in [0.717, 1.165) is 59.5 Å². The minimum absolute atomic E-state index is 0. The molecule has 33 heavy (non-hydrogen) atoms. The van der Waals surface area contributed by atoms with E-state index in [2.05, 4.69) is 30.8 Å². The van der Waals surface area contributed by atoms with Crippen LogP contribution in [-0.4, -0.2) is 65.2 Å². The number of amides is 1. The van der Waals surface area contributed by atoms with Crippen molar-refractivity contribution in [3.63, 3.8) is 0 Å². The second kappa shape index (κ2) is 10.8. The fourth-order valence-electron chi connectivity index (χ4n) is 3.82. The Morgan fingerprint density at radius 2 is 1.82 bits per heavy atom. The van der Waals surface area contributed by atoms with Gasteiger partial charge in [-0.15, -0.1) is 12.4 Å². The maximum Gasteiger partial charge on any atom is 0.260 e. The summed E-state index contributed by atoms with van der Waals surface area (Å²) in [6.07, 6.45) is 4.15. The Labute approximate surface area is 210 Å². The molecule has 2 aromatic heterocycles. The number of carbonyl (C=O) groups excluding carboxylic acids is 1. The number of nitrogens with zero attached hydrogens (tertiary/aromatic N) is 5. The van der Waals surface area contributed by atoms with E-state index in [1.165, 1.54) is 11.3 Å². The largest absolute Gasteiger partial charge is 0.379 e. The van der Waals surface area contributed by atoms with Gasteiger partial charge in [0.25, 0.3) is 5.91 Å². The summed E-state index contributed by atoms with van der Waals surface area (Å²) < 4.78 is 7.49. The van der Waals surface area contributed by atoms with Crippen LogP contribution in [-0.2, 0) is 4.74 Å². The molecule has 0 atom stereocenters. The number of aromatic nitrogens is 3. The van der Waals surface area contributed by atoms with Gasteiger partial charge < -0.3 is 4.74 Å². The number of hydrogen-bond donors (Lipinski definition) is 0. The highest BCUT2D eigenvalue weighted by molar-refractivity contribution is 9.10. The first-order chi connectivity index (χ1) is 15.7. The number of fused-ring (bicyclic) bond motifs is 2. The highest BCUT2D eigenvalue weighted by Gasteiger charge is 2.22. The zero-order chi connectivity index (χ0) is 21.9. The molecule has 0 aliphatic carbocycles. The fraction of sp³-hybridized carbons (Fsp3) is 0.304. The third kappa shape index (κ3) is 5.50. The third-order valence-electron chi connectivity index (χ3n) is 5.49. The van der Waals surface area contributed by atoms with Gasteiger partial charge in [0.15, 0.2) is 5.13 Å². The van der Waals surface area contributed by atoms with E-state index >= 15 is 0 Å². The number of rotatable bonds is 6. The van der Waals surface area contributed by atoms with Crippen LogP contribution in [0.2, 0.25) is 0 Å². The zero-order valence-corrected chi connectivity index (χ0v) is 21.0. The molecular formula is C23H23BrClN5O2S. The van der Waals surface area contributed by atoms with E-state index in [1.54, 1.807) is 17.3 Å². The summed E-state index contributed by atoms with van der Waals surface area (Å²) in [4.78, 5) is 31.2. The Balaban J connectivity index is 0.00000259. The van der Waals surface area contributed by atoms with Gasteiger partial charge in [0.2, 0.25) is 0 Å². The first-order valence-corrected chi connectivity index (χ1v) is 12.2. The first-order valence-electron chi connectivity index (χ1n) is 10.6. The SMILES string of the molecule is Cl.O=C(c1ccc2nccnc2c1)N(CCCN1CCOCC1)c1nc2ccc(Br)cc2s1. The van der Waals surface area contributed by atoms with Crippen LogP contribution in [0.4, 0.5) is 5.13 Å². The standard InChI is InChI=1S/C23H22BrN5O2S.ClH/c24-17-3-5-19-21(15-17)32-23(27-19)29(9-1-8-28-10-12-31-13-11-28)22(30)16-2-4-18-20(14-16)26-7-6-25-18;/h2-7,14-15H,1,8-13H2;1H. The number of anilines is 1. The Hall–Kier alpha value is -2.17. The number of ether oxygens (including phenoxy) is 1. The minimum Gasteiger partial charge on any atom is -0.379 e. The van der Waals surface area contributed by atoms with Gasteiger partial charge in [-0.25, -0.2) is 4.98 Å². The lowest BCUT2D eigenvalue weighted by Gasteiger charge is -2.27. The number of benzene rings is 2. The number of hydrogen-bond acceptors (Lipinski definition) is 7. The zero-order valence-electron chi connectivity index (χ0n) is 17.8. The molecule has 1 aliphatic rings. The van der Waals surface area contributed by atoms with Crippen molar-refractivity contribution in [2.75, 3.05) is 44.3 Å². The summed E-state index contributed by atoms with van der Waals surface area (Å²) in [5.41, 5.74) is 2.96. The lowest BCUT2D eigenvalue weighted by molar-refractivity contribution is 0.0376. The predicted molar refractivity (Wildman–Crippen MR) is 138 cm³/mol. The van der Waals surface area contributed by atoms with Crippen LogP contribution in [0, 0.1) is 0 Å². The van der Waals surface area contributed by atoms with E-state index in [4.69, 9.17) is 9.72 Å². The highest BCUT2D eigenvalue weighted by Crippen LogP contribution is 2.32. The number of halogens is 2. The summed E-state index contributed by atoms with van der Waals surface area (Å²) in [5.74, 6) is -0.0716. The Morgan fingerprint density at radius 3 is 2.64 bits per heavy atom. The lowest BCUT2D eigenvalue weighted by atomic mass is 10.1. The van der Waals surface area contributed by atoms with Crippen molar-refractivity contribution in [1.82, 2.24) is 19.9 Å². The van der Waals surface area contributed by atoms with E-state index in [-0.39, 0.29) is 18.3 Å². The van der Waals surface area contributed by atoms with Crippen molar-refractivity contribution >= 4 is 72.0 Å². The fourth-order valence-corrected chi connectivity index (χ4v) is 5.36. The average Bonchev–Trinajstić information content (AvgIpc) is 3.24. The van der Waals surface area contributed by atoms with Gasteiger partial charge in [-0.05, 0) is 42.8 Å². The molecule has 0 bridgehead atoms. The van der Waals surface area contributed by atoms with Crippen LogP contribution in [0.3, 0.4) is 0 Å². The van der Waals surface area contributed by atoms with Crippen molar-refractivity contribution in [1.29, 1.82) is 0 Å². The average molecular weight is 549 g/mol. The number of thiazole rings is 1. The van der Waals surface area contributed by atoms with Crippen molar-refractivity contribution in [2.45, 2.75) is 6.42 Å². The molecule has 7 nitrogen and oxygen atoms in total. The third-order valence-corrected chi connectivity index (χ3v) is 7.03. The van der Waals surface area contributed by atoms with Gasteiger partial charge in [0.05, 0.1) is 34.5 Å². The summed E-state index contributed by atoms with van der Waals surface area (Å²) in [5, 5.41) is 0.712. The molecule has 172 valence electrons. The molecule has 0 N–H and O–H groups in total. The quantitative estimate of drug-likeness (QED) is 0.345. The van der Waals surface area contributed by atoms with E-state index in [0.29, 0.717) is 22.8 Å². The molecule has 2 aromatic carbocycles.